The molecule has 0 radical (unpaired) electrons. The molecular weight excluding hydrogens is 404 g/mol. The molecule has 6 aromatic rings. The molecule has 0 atom stereocenters. The average Bonchev–Trinajstić information content (AvgIpc) is 3.26. The summed E-state index contributed by atoms with van der Waals surface area (Å²) in [5, 5.41) is 1.09. The van der Waals surface area contributed by atoms with Crippen molar-refractivity contribution in [2.75, 3.05) is 0 Å². The zero-order chi connectivity index (χ0) is 22.0. The Morgan fingerprint density at radius 1 is 0.667 bits per heavy atom. The first-order valence-electron chi connectivity index (χ1n) is 11.1. The van der Waals surface area contributed by atoms with E-state index in [2.05, 4.69) is 88.0 Å². The Morgan fingerprint density at radius 2 is 1.30 bits per heavy atom. The van der Waals surface area contributed by atoms with Crippen LogP contribution >= 0.6 is 0 Å². The molecular formula is C29H22N4. The molecule has 0 saturated carbocycles. The number of aromatic nitrogens is 3. The van der Waals surface area contributed by atoms with Crippen molar-refractivity contribution in [1.29, 1.82) is 0 Å². The summed E-state index contributed by atoms with van der Waals surface area (Å²) in [6.45, 7) is 0. The quantitative estimate of drug-likeness (QED) is 0.335. The van der Waals surface area contributed by atoms with Crippen LogP contribution in [0.15, 0.2) is 126 Å². The number of rotatable bonds is 4. The Kier molecular flexibility index (Phi) is 4.81. The van der Waals surface area contributed by atoms with Gasteiger partial charge in [0.1, 0.15) is 5.65 Å². The normalized spacial score (nSPS) is 11.9. The van der Waals surface area contributed by atoms with Gasteiger partial charge in [0.2, 0.25) is 5.62 Å². The Labute approximate surface area is 191 Å². The van der Waals surface area contributed by atoms with Crippen molar-refractivity contribution in [2.24, 2.45) is 4.99 Å². The molecule has 0 amide bonds. The molecule has 0 unspecified atom stereocenters. The van der Waals surface area contributed by atoms with Crippen LogP contribution in [0.2, 0.25) is 0 Å². The summed E-state index contributed by atoms with van der Waals surface area (Å²) in [4.78, 5) is 9.96. The minimum Gasteiger partial charge on any atom is -0.301 e. The highest BCUT2D eigenvalue weighted by Gasteiger charge is 2.15. The van der Waals surface area contributed by atoms with Crippen LogP contribution < -0.4 is 5.62 Å². The van der Waals surface area contributed by atoms with E-state index in [9.17, 15) is 0 Å². The molecule has 0 bridgehead atoms. The molecule has 4 nitrogen and oxygen atoms in total. The van der Waals surface area contributed by atoms with E-state index in [0.29, 0.717) is 5.62 Å². The molecule has 0 spiro atoms. The third-order valence-corrected chi connectivity index (χ3v) is 5.82. The fourth-order valence-corrected chi connectivity index (χ4v) is 4.31. The number of para-hydroxylation sites is 3. The zero-order valence-electron chi connectivity index (χ0n) is 18.0. The largest absolute Gasteiger partial charge is 0.301 e. The summed E-state index contributed by atoms with van der Waals surface area (Å²) in [6.07, 6.45) is 3.00. The second kappa shape index (κ2) is 8.24. The molecule has 2 heterocycles. The van der Waals surface area contributed by atoms with Gasteiger partial charge in [-0.05, 0) is 42.0 Å². The van der Waals surface area contributed by atoms with Crippen molar-refractivity contribution >= 4 is 22.2 Å². The van der Waals surface area contributed by atoms with Crippen molar-refractivity contribution in [1.82, 2.24) is 14.0 Å². The van der Waals surface area contributed by atoms with Gasteiger partial charge in [0.15, 0.2) is 0 Å². The van der Waals surface area contributed by atoms with Gasteiger partial charge in [-0.1, -0.05) is 78.9 Å². The van der Waals surface area contributed by atoms with Crippen LogP contribution in [0.5, 0.6) is 0 Å². The second-order valence-electron chi connectivity index (χ2n) is 8.02. The second-order valence-corrected chi connectivity index (χ2v) is 8.02. The van der Waals surface area contributed by atoms with Crippen LogP contribution in [0.1, 0.15) is 11.3 Å². The Morgan fingerprint density at radius 3 is 2.06 bits per heavy atom. The lowest BCUT2D eigenvalue weighted by atomic mass is 10.1. The van der Waals surface area contributed by atoms with Gasteiger partial charge in [0, 0.05) is 29.4 Å². The summed E-state index contributed by atoms with van der Waals surface area (Å²) >= 11 is 0. The molecule has 33 heavy (non-hydrogen) atoms. The topological polar surface area (TPSA) is 34.6 Å². The van der Waals surface area contributed by atoms with E-state index in [4.69, 9.17) is 9.98 Å². The van der Waals surface area contributed by atoms with E-state index in [1.165, 1.54) is 5.56 Å². The monoisotopic (exact) mass is 426 g/mol. The molecule has 0 N–H and O–H groups in total. The van der Waals surface area contributed by atoms with E-state index in [1.54, 1.807) is 0 Å². The Bertz CT molecular complexity index is 1610. The van der Waals surface area contributed by atoms with Crippen LogP contribution in [-0.4, -0.2) is 14.0 Å². The number of benzene rings is 4. The zero-order valence-corrected chi connectivity index (χ0v) is 18.0. The highest BCUT2D eigenvalue weighted by molar-refractivity contribution is 5.92. The fraction of sp³-hybridized carbons (Fsp3) is 0.0345. The third kappa shape index (κ3) is 3.62. The first-order valence-corrected chi connectivity index (χ1v) is 11.1. The minimum atomic E-state index is 0.676. The number of imidazole rings is 1. The van der Waals surface area contributed by atoms with E-state index >= 15 is 0 Å². The van der Waals surface area contributed by atoms with Gasteiger partial charge in [-0.2, -0.15) is 0 Å². The molecule has 6 rings (SSSR count). The number of hydrogen-bond acceptors (Lipinski definition) is 2. The lowest BCUT2D eigenvalue weighted by molar-refractivity contribution is 0.911. The first-order chi connectivity index (χ1) is 16.4. The lowest BCUT2D eigenvalue weighted by Gasteiger charge is -2.09. The van der Waals surface area contributed by atoms with Crippen molar-refractivity contribution in [3.8, 4) is 5.69 Å². The van der Waals surface area contributed by atoms with Gasteiger partial charge in [-0.25, -0.2) is 9.98 Å². The maximum absolute atomic E-state index is 4.99. The van der Waals surface area contributed by atoms with E-state index in [1.807, 2.05) is 42.5 Å². The Balaban J connectivity index is 1.74. The van der Waals surface area contributed by atoms with Crippen LogP contribution in [-0.2, 0) is 6.42 Å². The lowest BCUT2D eigenvalue weighted by Crippen LogP contribution is -2.20. The van der Waals surface area contributed by atoms with Gasteiger partial charge < -0.3 is 4.57 Å². The van der Waals surface area contributed by atoms with Crippen LogP contribution in [0.25, 0.3) is 22.2 Å². The van der Waals surface area contributed by atoms with Gasteiger partial charge in [0.05, 0.1) is 11.2 Å². The predicted octanol–water partition coefficient (Wildman–Crippen LogP) is 6.10. The molecule has 158 valence electrons. The van der Waals surface area contributed by atoms with Crippen molar-refractivity contribution in [3.05, 3.63) is 138 Å². The molecule has 4 aromatic carbocycles. The van der Waals surface area contributed by atoms with E-state index < -0.39 is 0 Å². The number of nitrogens with zero attached hydrogens (tertiary/aromatic N) is 4. The van der Waals surface area contributed by atoms with Crippen molar-refractivity contribution < 1.29 is 0 Å². The summed E-state index contributed by atoms with van der Waals surface area (Å²) in [7, 11) is 0. The van der Waals surface area contributed by atoms with Crippen LogP contribution in [0, 0.1) is 0 Å². The molecule has 0 fully saturated rings. The molecule has 0 saturated heterocycles. The van der Waals surface area contributed by atoms with Crippen LogP contribution in [0.3, 0.4) is 0 Å². The van der Waals surface area contributed by atoms with Crippen molar-refractivity contribution in [3.63, 3.8) is 0 Å². The smallest absolute Gasteiger partial charge is 0.236 e. The highest BCUT2D eigenvalue weighted by Crippen LogP contribution is 2.24. The SMILES string of the molecule is c1ccc(Cc2cn(-c3ccccc3)c3c4ccccc4nc(=Nc4ccccc4)n23)cc1. The van der Waals surface area contributed by atoms with Crippen molar-refractivity contribution in [2.45, 2.75) is 6.42 Å². The average molecular weight is 427 g/mol. The van der Waals surface area contributed by atoms with E-state index in [-0.39, 0.29) is 0 Å². The number of hydrogen-bond donors (Lipinski definition) is 0. The third-order valence-electron chi connectivity index (χ3n) is 5.82. The summed E-state index contributed by atoms with van der Waals surface area (Å²) in [6, 6.07) is 39.3. The van der Waals surface area contributed by atoms with Gasteiger partial charge in [-0.15, -0.1) is 0 Å². The minimum absolute atomic E-state index is 0.676. The standard InChI is InChI=1S/C29H22N4/c1-4-12-22(13-5-1)20-25-21-32(24-16-8-3-9-17-24)28-26-18-10-11-19-27(26)31-29(33(25)28)30-23-14-6-2-7-15-23/h1-19,21H,20H2. The number of fused-ring (bicyclic) bond motifs is 3. The van der Waals surface area contributed by atoms with Gasteiger partial charge >= 0.3 is 0 Å². The first kappa shape index (κ1) is 19.3. The van der Waals surface area contributed by atoms with Crippen LogP contribution in [0.4, 0.5) is 5.69 Å². The molecule has 2 aromatic heterocycles. The predicted molar refractivity (Wildman–Crippen MR) is 133 cm³/mol. The van der Waals surface area contributed by atoms with Gasteiger partial charge in [-0.3, -0.25) is 4.40 Å². The van der Waals surface area contributed by atoms with Gasteiger partial charge in [0.25, 0.3) is 0 Å². The maximum Gasteiger partial charge on any atom is 0.236 e. The maximum atomic E-state index is 4.99. The summed E-state index contributed by atoms with van der Waals surface area (Å²) in [5.41, 5.74) is 7.03. The van der Waals surface area contributed by atoms with E-state index in [0.717, 1.165) is 40.0 Å². The summed E-state index contributed by atoms with van der Waals surface area (Å²) < 4.78 is 4.46. The fourth-order valence-electron chi connectivity index (χ4n) is 4.31. The Hall–Kier alpha value is -4.44. The summed E-state index contributed by atoms with van der Waals surface area (Å²) in [5.74, 6) is 0. The molecule has 0 aliphatic heterocycles. The highest BCUT2D eigenvalue weighted by atomic mass is 15.2. The molecule has 4 heteroatoms. The molecule has 0 aliphatic rings. The molecule has 0 aliphatic carbocycles.